The molecule has 2 fully saturated rings. The molecule has 0 unspecified atom stereocenters. The first-order valence-corrected chi connectivity index (χ1v) is 9.37. The van der Waals surface area contributed by atoms with Gasteiger partial charge in [-0.3, -0.25) is 4.79 Å². The number of hydrogen-bond donors (Lipinski definition) is 3. The molecule has 0 aliphatic carbocycles. The third-order valence-electron chi connectivity index (χ3n) is 5.69. The van der Waals surface area contributed by atoms with E-state index in [0.29, 0.717) is 12.1 Å². The van der Waals surface area contributed by atoms with Gasteiger partial charge in [0.2, 0.25) is 5.76 Å². The van der Waals surface area contributed by atoms with E-state index in [9.17, 15) is 9.90 Å². The summed E-state index contributed by atoms with van der Waals surface area (Å²) >= 11 is 0. The minimum atomic E-state index is -0.785. The molecule has 2 atom stereocenters. The van der Waals surface area contributed by atoms with Crippen LogP contribution < -0.4 is 10.6 Å². The van der Waals surface area contributed by atoms with Gasteiger partial charge < -0.3 is 25.0 Å². The second kappa shape index (κ2) is 7.07. The molecule has 1 aromatic carbocycles. The summed E-state index contributed by atoms with van der Waals surface area (Å²) < 4.78 is 11.2. The number of aromatic nitrogens is 1. The Kier molecular flexibility index (Phi) is 4.75. The molecule has 2 aromatic rings. The minimum absolute atomic E-state index is 0.133. The molecule has 1 spiro atoms. The lowest BCUT2D eigenvalue weighted by Crippen LogP contribution is -2.65. The number of carbonyl (C=O) groups is 1. The summed E-state index contributed by atoms with van der Waals surface area (Å²) in [7, 11) is 0. The van der Waals surface area contributed by atoms with Gasteiger partial charge in [0.05, 0.1) is 17.7 Å². The summed E-state index contributed by atoms with van der Waals surface area (Å²) in [6, 6.07) is 11.2. The average Bonchev–Trinajstić information content (AvgIpc) is 3.17. The average molecular weight is 371 g/mol. The molecule has 3 N–H and O–H groups in total. The normalized spacial score (nSPS) is 27.4. The number of aliphatic hydroxyl groups excluding tert-OH is 1. The third kappa shape index (κ3) is 3.63. The Morgan fingerprint density at radius 1 is 1.30 bits per heavy atom. The van der Waals surface area contributed by atoms with Crippen LogP contribution in [0.3, 0.4) is 0 Å². The van der Waals surface area contributed by atoms with Crippen molar-refractivity contribution in [2.24, 2.45) is 0 Å². The van der Waals surface area contributed by atoms with E-state index in [1.54, 1.807) is 6.07 Å². The summed E-state index contributed by atoms with van der Waals surface area (Å²) in [4.78, 5) is 12.8. The fourth-order valence-corrected chi connectivity index (χ4v) is 4.06. The number of aliphatic hydroxyl groups is 1. The van der Waals surface area contributed by atoms with Gasteiger partial charge in [0, 0.05) is 18.1 Å². The molecule has 0 radical (unpaired) electrons. The number of amides is 1. The Balaban J connectivity index is 1.50. The second-order valence-electron chi connectivity index (χ2n) is 7.75. The van der Waals surface area contributed by atoms with Crippen molar-refractivity contribution in [2.75, 3.05) is 19.7 Å². The van der Waals surface area contributed by atoms with Crippen LogP contribution in [0.4, 0.5) is 0 Å². The van der Waals surface area contributed by atoms with Crippen LogP contribution >= 0.6 is 0 Å². The Morgan fingerprint density at radius 3 is 2.78 bits per heavy atom. The maximum Gasteiger partial charge on any atom is 0.290 e. The largest absolute Gasteiger partial charge is 0.388 e. The van der Waals surface area contributed by atoms with E-state index in [2.05, 4.69) is 15.8 Å². The van der Waals surface area contributed by atoms with Gasteiger partial charge in [-0.25, -0.2) is 0 Å². The van der Waals surface area contributed by atoms with Gasteiger partial charge in [0.15, 0.2) is 0 Å². The van der Waals surface area contributed by atoms with E-state index < -0.39 is 11.6 Å². The van der Waals surface area contributed by atoms with Gasteiger partial charge in [-0.1, -0.05) is 35.5 Å². The molecule has 7 heteroatoms. The third-order valence-corrected chi connectivity index (χ3v) is 5.69. The molecule has 2 aliphatic heterocycles. The molecule has 1 amide bonds. The monoisotopic (exact) mass is 371 g/mol. The molecule has 7 nitrogen and oxygen atoms in total. The first kappa shape index (κ1) is 18.2. The van der Waals surface area contributed by atoms with Crippen LogP contribution in [0.15, 0.2) is 40.9 Å². The Bertz CT molecular complexity index is 801. The first-order chi connectivity index (χ1) is 13.0. The van der Waals surface area contributed by atoms with Gasteiger partial charge in [-0.15, -0.1) is 0 Å². The standard InChI is InChI=1S/C20H25N3O4/c1-19(13-20(26-12-17(19)24)7-9-21-10-8-20)22-18(25)16-11-15(23-27-16)14-5-3-2-4-6-14/h2-6,11,17,21,24H,7-10,12-13H2,1H3,(H,22,25)/t17-,19-/m0/s1. The van der Waals surface area contributed by atoms with Crippen molar-refractivity contribution in [2.45, 2.75) is 43.4 Å². The van der Waals surface area contributed by atoms with Crippen molar-refractivity contribution >= 4 is 5.91 Å². The van der Waals surface area contributed by atoms with Gasteiger partial charge in [0.25, 0.3) is 5.91 Å². The number of carbonyl (C=O) groups excluding carboxylic acids is 1. The topological polar surface area (TPSA) is 96.6 Å². The first-order valence-electron chi connectivity index (χ1n) is 9.37. The minimum Gasteiger partial charge on any atom is -0.388 e. The zero-order valence-electron chi connectivity index (χ0n) is 15.4. The van der Waals surface area contributed by atoms with Crippen LogP contribution in [-0.2, 0) is 4.74 Å². The van der Waals surface area contributed by atoms with Crippen LogP contribution in [-0.4, -0.2) is 53.1 Å². The fraction of sp³-hybridized carbons (Fsp3) is 0.500. The van der Waals surface area contributed by atoms with Gasteiger partial charge in [-0.2, -0.15) is 0 Å². The van der Waals surface area contributed by atoms with E-state index in [4.69, 9.17) is 9.26 Å². The molecular formula is C20H25N3O4. The molecular weight excluding hydrogens is 346 g/mol. The molecule has 4 rings (SSSR count). The number of benzene rings is 1. The number of nitrogens with zero attached hydrogens (tertiary/aromatic N) is 1. The maximum atomic E-state index is 12.8. The zero-order chi connectivity index (χ0) is 18.9. The van der Waals surface area contributed by atoms with E-state index in [-0.39, 0.29) is 23.9 Å². The van der Waals surface area contributed by atoms with Gasteiger partial charge in [0.1, 0.15) is 11.8 Å². The maximum absolute atomic E-state index is 12.8. The molecule has 0 saturated carbocycles. The molecule has 1 aromatic heterocycles. The molecule has 2 saturated heterocycles. The lowest BCUT2D eigenvalue weighted by atomic mass is 9.75. The molecule has 3 heterocycles. The molecule has 27 heavy (non-hydrogen) atoms. The van der Waals surface area contributed by atoms with Crippen LogP contribution in [0.1, 0.15) is 36.7 Å². The van der Waals surface area contributed by atoms with Crippen molar-refractivity contribution < 1.29 is 19.2 Å². The van der Waals surface area contributed by atoms with E-state index in [0.717, 1.165) is 31.5 Å². The smallest absolute Gasteiger partial charge is 0.290 e. The van der Waals surface area contributed by atoms with Crippen molar-refractivity contribution in [1.82, 2.24) is 15.8 Å². The Labute approximate surface area is 158 Å². The number of rotatable bonds is 3. The summed E-state index contributed by atoms with van der Waals surface area (Å²) in [6.07, 6.45) is 1.52. The predicted molar refractivity (Wildman–Crippen MR) is 99.2 cm³/mol. The second-order valence-corrected chi connectivity index (χ2v) is 7.75. The van der Waals surface area contributed by atoms with Crippen molar-refractivity contribution in [1.29, 1.82) is 0 Å². The molecule has 144 valence electrons. The SMILES string of the molecule is C[C@]1(NC(=O)c2cc(-c3ccccc3)no2)CC2(CCNCC2)OC[C@@H]1O. The van der Waals surface area contributed by atoms with Crippen LogP contribution in [0.5, 0.6) is 0 Å². The lowest BCUT2D eigenvalue weighted by Gasteiger charge is -2.50. The number of ether oxygens (including phenoxy) is 1. The Hall–Kier alpha value is -2.22. The zero-order valence-corrected chi connectivity index (χ0v) is 15.4. The summed E-state index contributed by atoms with van der Waals surface area (Å²) in [5.41, 5.74) is 0.398. The number of nitrogens with one attached hydrogen (secondary N) is 2. The molecule has 0 bridgehead atoms. The van der Waals surface area contributed by atoms with Crippen molar-refractivity contribution in [3.8, 4) is 11.3 Å². The highest BCUT2D eigenvalue weighted by Crippen LogP contribution is 2.38. The van der Waals surface area contributed by atoms with Crippen LogP contribution in [0.25, 0.3) is 11.3 Å². The van der Waals surface area contributed by atoms with E-state index >= 15 is 0 Å². The molecule has 2 aliphatic rings. The van der Waals surface area contributed by atoms with Gasteiger partial charge in [-0.05, 0) is 32.9 Å². The number of piperidine rings is 1. The van der Waals surface area contributed by atoms with E-state index in [1.807, 2.05) is 37.3 Å². The number of hydrogen-bond acceptors (Lipinski definition) is 6. The summed E-state index contributed by atoms with van der Waals surface area (Å²) in [5.74, 6) is -0.245. The van der Waals surface area contributed by atoms with Crippen molar-refractivity contribution in [3.05, 3.63) is 42.2 Å². The van der Waals surface area contributed by atoms with Crippen molar-refractivity contribution in [3.63, 3.8) is 0 Å². The lowest BCUT2D eigenvalue weighted by molar-refractivity contribution is -0.169. The summed E-state index contributed by atoms with van der Waals surface area (Å²) in [5, 5.41) is 20.8. The quantitative estimate of drug-likeness (QED) is 0.760. The van der Waals surface area contributed by atoms with E-state index in [1.165, 1.54) is 0 Å². The highest BCUT2D eigenvalue weighted by atomic mass is 16.5. The summed E-state index contributed by atoms with van der Waals surface area (Å²) in [6.45, 7) is 3.84. The fourth-order valence-electron chi connectivity index (χ4n) is 4.06. The van der Waals surface area contributed by atoms with Crippen LogP contribution in [0.2, 0.25) is 0 Å². The highest BCUT2D eigenvalue weighted by Gasteiger charge is 2.49. The Morgan fingerprint density at radius 2 is 2.04 bits per heavy atom. The van der Waals surface area contributed by atoms with Crippen LogP contribution in [0, 0.1) is 0 Å². The van der Waals surface area contributed by atoms with Gasteiger partial charge >= 0.3 is 0 Å². The highest BCUT2D eigenvalue weighted by molar-refractivity contribution is 5.93. The predicted octanol–water partition coefficient (Wildman–Crippen LogP) is 1.73.